The predicted octanol–water partition coefficient (Wildman–Crippen LogP) is 2.27. The molecule has 1 aromatic rings. The van der Waals surface area contributed by atoms with Gasteiger partial charge in [0.2, 0.25) is 0 Å². The molecular formula is C12H16N2O2S. The fraction of sp³-hybridized carbons (Fsp3) is 0.417. The maximum Gasteiger partial charge on any atom is 0.337 e. The van der Waals surface area contributed by atoms with Gasteiger partial charge in [-0.15, -0.1) is 0 Å². The highest BCUT2D eigenvalue weighted by Gasteiger charge is 2.17. The maximum atomic E-state index is 11.1. The molecule has 5 heteroatoms. The number of nitrogens with two attached hydrogens (primary N) is 1. The fourth-order valence-electron chi connectivity index (χ4n) is 1.94. The van der Waals surface area contributed by atoms with E-state index in [1.165, 1.54) is 12.2 Å². The molecule has 0 saturated carbocycles. The van der Waals surface area contributed by atoms with Crippen molar-refractivity contribution in [2.24, 2.45) is 0 Å². The summed E-state index contributed by atoms with van der Waals surface area (Å²) in [4.78, 5) is 11.1. The van der Waals surface area contributed by atoms with Crippen molar-refractivity contribution in [3.63, 3.8) is 0 Å². The number of aromatic carboxylic acids is 1. The third-order valence-corrected chi connectivity index (χ3v) is 4.01. The minimum absolute atomic E-state index is 0.287. The molecule has 1 aliphatic rings. The molecular weight excluding hydrogens is 236 g/mol. The van der Waals surface area contributed by atoms with Gasteiger partial charge in [0.25, 0.3) is 0 Å². The van der Waals surface area contributed by atoms with Crippen LogP contribution >= 0.6 is 11.8 Å². The highest BCUT2D eigenvalue weighted by Crippen LogP contribution is 2.24. The molecule has 0 spiro atoms. The highest BCUT2D eigenvalue weighted by atomic mass is 32.2. The van der Waals surface area contributed by atoms with Crippen LogP contribution in [0.3, 0.4) is 0 Å². The van der Waals surface area contributed by atoms with E-state index in [9.17, 15) is 4.79 Å². The number of rotatable bonds is 3. The average Bonchev–Trinajstić information content (AvgIpc) is 2.30. The SMILES string of the molecule is Nc1ccc(C(=O)O)c(NC2CCCSC2)c1. The molecule has 0 bridgehead atoms. The van der Waals surface area contributed by atoms with E-state index in [1.807, 2.05) is 11.8 Å². The molecule has 1 unspecified atom stereocenters. The van der Waals surface area contributed by atoms with Crippen molar-refractivity contribution in [2.45, 2.75) is 18.9 Å². The van der Waals surface area contributed by atoms with Crippen molar-refractivity contribution in [3.8, 4) is 0 Å². The van der Waals surface area contributed by atoms with Crippen molar-refractivity contribution in [1.82, 2.24) is 0 Å². The van der Waals surface area contributed by atoms with Gasteiger partial charge in [0.05, 0.1) is 11.3 Å². The molecule has 0 aliphatic carbocycles. The molecule has 1 heterocycles. The third kappa shape index (κ3) is 3.06. The minimum Gasteiger partial charge on any atom is -0.478 e. The summed E-state index contributed by atoms with van der Waals surface area (Å²) < 4.78 is 0. The molecule has 1 fully saturated rings. The normalized spacial score (nSPS) is 19.9. The lowest BCUT2D eigenvalue weighted by atomic mass is 10.1. The quantitative estimate of drug-likeness (QED) is 0.719. The monoisotopic (exact) mass is 252 g/mol. The molecule has 92 valence electrons. The van der Waals surface area contributed by atoms with Crippen LogP contribution in [-0.4, -0.2) is 28.6 Å². The lowest BCUT2D eigenvalue weighted by Gasteiger charge is -2.24. The summed E-state index contributed by atoms with van der Waals surface area (Å²) >= 11 is 1.90. The first-order valence-electron chi connectivity index (χ1n) is 5.64. The number of nitrogen functional groups attached to an aromatic ring is 1. The molecule has 0 amide bonds. The summed E-state index contributed by atoms with van der Waals surface area (Å²) in [5.74, 6) is 1.30. The van der Waals surface area contributed by atoms with Gasteiger partial charge in [-0.25, -0.2) is 4.79 Å². The van der Waals surface area contributed by atoms with E-state index in [4.69, 9.17) is 10.8 Å². The van der Waals surface area contributed by atoms with Crippen LogP contribution in [-0.2, 0) is 0 Å². The Morgan fingerprint density at radius 2 is 2.35 bits per heavy atom. The molecule has 17 heavy (non-hydrogen) atoms. The Morgan fingerprint density at radius 1 is 1.53 bits per heavy atom. The minimum atomic E-state index is -0.920. The van der Waals surface area contributed by atoms with Gasteiger partial charge in [-0.3, -0.25) is 0 Å². The number of benzene rings is 1. The zero-order valence-electron chi connectivity index (χ0n) is 9.48. The molecule has 0 radical (unpaired) electrons. The van der Waals surface area contributed by atoms with Crippen molar-refractivity contribution < 1.29 is 9.90 Å². The number of thioether (sulfide) groups is 1. The molecule has 4 nitrogen and oxygen atoms in total. The number of hydrogen-bond acceptors (Lipinski definition) is 4. The number of carboxylic acid groups (broad SMARTS) is 1. The van der Waals surface area contributed by atoms with Gasteiger partial charge in [0, 0.05) is 17.5 Å². The topological polar surface area (TPSA) is 75.4 Å². The smallest absolute Gasteiger partial charge is 0.337 e. The van der Waals surface area contributed by atoms with Crippen LogP contribution in [0.1, 0.15) is 23.2 Å². The second-order valence-electron chi connectivity index (χ2n) is 4.17. The summed E-state index contributed by atoms with van der Waals surface area (Å²) in [6.45, 7) is 0. The number of carboxylic acids is 1. The largest absolute Gasteiger partial charge is 0.478 e. The lowest BCUT2D eigenvalue weighted by molar-refractivity contribution is 0.0698. The number of nitrogens with one attached hydrogen (secondary N) is 1. The van der Waals surface area contributed by atoms with Crippen molar-refractivity contribution in [3.05, 3.63) is 23.8 Å². The molecule has 1 aliphatic heterocycles. The maximum absolute atomic E-state index is 11.1. The molecule has 1 saturated heterocycles. The van der Waals surface area contributed by atoms with E-state index >= 15 is 0 Å². The Morgan fingerprint density at radius 3 is 3.00 bits per heavy atom. The molecule has 2 rings (SSSR count). The average molecular weight is 252 g/mol. The molecule has 0 aromatic heterocycles. The molecule has 1 atom stereocenters. The van der Waals surface area contributed by atoms with Gasteiger partial charge >= 0.3 is 5.97 Å². The zero-order valence-corrected chi connectivity index (χ0v) is 10.3. The first-order valence-corrected chi connectivity index (χ1v) is 6.79. The predicted molar refractivity (Wildman–Crippen MR) is 71.8 cm³/mol. The second-order valence-corrected chi connectivity index (χ2v) is 5.32. The van der Waals surface area contributed by atoms with Crippen LogP contribution < -0.4 is 11.1 Å². The number of anilines is 2. The Balaban J connectivity index is 2.17. The van der Waals surface area contributed by atoms with E-state index in [-0.39, 0.29) is 5.56 Å². The van der Waals surface area contributed by atoms with E-state index in [0.29, 0.717) is 17.4 Å². The highest BCUT2D eigenvalue weighted by molar-refractivity contribution is 7.99. The van der Waals surface area contributed by atoms with E-state index in [1.54, 1.807) is 18.2 Å². The fourth-order valence-corrected chi connectivity index (χ4v) is 3.01. The van der Waals surface area contributed by atoms with Crippen LogP contribution in [0, 0.1) is 0 Å². The number of hydrogen-bond donors (Lipinski definition) is 3. The zero-order chi connectivity index (χ0) is 12.3. The van der Waals surface area contributed by atoms with Crippen LogP contribution in [0.25, 0.3) is 0 Å². The third-order valence-electron chi connectivity index (χ3n) is 2.79. The summed E-state index contributed by atoms with van der Waals surface area (Å²) in [5, 5.41) is 12.4. The summed E-state index contributed by atoms with van der Waals surface area (Å²) in [5.41, 5.74) is 7.20. The van der Waals surface area contributed by atoms with E-state index in [0.717, 1.165) is 12.2 Å². The van der Waals surface area contributed by atoms with Crippen molar-refractivity contribution in [2.75, 3.05) is 22.6 Å². The van der Waals surface area contributed by atoms with Crippen LogP contribution in [0.15, 0.2) is 18.2 Å². The Kier molecular flexibility index (Phi) is 3.78. The van der Waals surface area contributed by atoms with Gasteiger partial charge in [-0.1, -0.05) is 0 Å². The van der Waals surface area contributed by atoms with Gasteiger partial charge in [-0.2, -0.15) is 11.8 Å². The van der Waals surface area contributed by atoms with Crippen molar-refractivity contribution in [1.29, 1.82) is 0 Å². The molecule has 1 aromatic carbocycles. The van der Waals surface area contributed by atoms with Gasteiger partial charge < -0.3 is 16.2 Å². The Labute approximate surface area is 105 Å². The first kappa shape index (κ1) is 12.1. The Bertz CT molecular complexity index is 417. The summed E-state index contributed by atoms with van der Waals surface area (Å²) in [7, 11) is 0. The van der Waals surface area contributed by atoms with Crippen LogP contribution in [0.4, 0.5) is 11.4 Å². The van der Waals surface area contributed by atoms with Crippen LogP contribution in [0.2, 0.25) is 0 Å². The van der Waals surface area contributed by atoms with E-state index in [2.05, 4.69) is 5.32 Å². The Hall–Kier alpha value is -1.36. The standard InChI is InChI=1S/C12H16N2O2S/c13-8-3-4-10(12(15)16)11(6-8)14-9-2-1-5-17-7-9/h3-4,6,9,14H,1-2,5,7,13H2,(H,15,16). The van der Waals surface area contributed by atoms with Gasteiger partial charge in [0.15, 0.2) is 0 Å². The second kappa shape index (κ2) is 5.31. The van der Waals surface area contributed by atoms with Crippen molar-refractivity contribution >= 4 is 29.1 Å². The summed E-state index contributed by atoms with van der Waals surface area (Å²) in [6.07, 6.45) is 2.26. The van der Waals surface area contributed by atoms with E-state index < -0.39 is 5.97 Å². The van der Waals surface area contributed by atoms with Crippen LogP contribution in [0.5, 0.6) is 0 Å². The number of carbonyl (C=O) groups is 1. The van der Waals surface area contributed by atoms with Gasteiger partial charge in [0.1, 0.15) is 0 Å². The first-order chi connectivity index (χ1) is 8.16. The van der Waals surface area contributed by atoms with Gasteiger partial charge in [-0.05, 0) is 36.8 Å². The lowest BCUT2D eigenvalue weighted by Crippen LogP contribution is -2.26. The molecule has 4 N–H and O–H groups in total. The summed E-state index contributed by atoms with van der Waals surface area (Å²) in [6, 6.07) is 5.21.